The summed E-state index contributed by atoms with van der Waals surface area (Å²) in [7, 11) is -4.61. The molecule has 0 aliphatic rings. The number of hydrogen-bond acceptors (Lipinski definition) is 4. The van der Waals surface area contributed by atoms with Crippen LogP contribution in [0.25, 0.3) is 0 Å². The predicted molar refractivity (Wildman–Crippen MR) is 14.6 cm³/mol. The van der Waals surface area contributed by atoms with Gasteiger partial charge in [-0.1, -0.05) is 0 Å². The van der Waals surface area contributed by atoms with E-state index in [4.69, 9.17) is 19.2 Å². The molecule has 0 heterocycles. The van der Waals surface area contributed by atoms with Crippen molar-refractivity contribution in [1.82, 2.24) is 0 Å². The molecule has 0 bridgehead atoms. The van der Waals surface area contributed by atoms with Crippen LogP contribution in [0.4, 0.5) is 0 Å². The first-order chi connectivity index (χ1) is 2.00. The summed E-state index contributed by atoms with van der Waals surface area (Å²) in [5.41, 5.74) is 0. The van der Waals surface area contributed by atoms with E-state index in [2.05, 4.69) is 0 Å². The molecule has 6 heteroatoms. The molecule has 4 N–H and O–H groups in total. The van der Waals surface area contributed by atoms with Gasteiger partial charge in [0.2, 0.25) is 0 Å². The normalized spacial score (nSPS) is 10.0. The van der Waals surface area contributed by atoms with Crippen LogP contribution in [0.1, 0.15) is 0 Å². The fourth-order valence-electron chi connectivity index (χ4n) is 0. The van der Waals surface area contributed by atoms with Crippen molar-refractivity contribution in [1.29, 1.82) is 0 Å². The first kappa shape index (κ1) is 9.81. The third-order valence-corrected chi connectivity index (χ3v) is 0. The molecule has 0 aliphatic heterocycles. The van der Waals surface area contributed by atoms with Gasteiger partial charge in [-0.25, -0.2) is 0 Å². The SMILES string of the molecule is O[Si](O)(O)O.[V]. The molecule has 0 amide bonds. The van der Waals surface area contributed by atoms with Crippen molar-refractivity contribution >= 4 is 9.05 Å². The molecule has 0 fully saturated rings. The van der Waals surface area contributed by atoms with Gasteiger partial charge >= 0.3 is 9.05 Å². The van der Waals surface area contributed by atoms with Crippen molar-refractivity contribution in [3.8, 4) is 0 Å². The predicted octanol–water partition coefficient (Wildman–Crippen LogP) is -2.61. The Hall–Kier alpha value is 0.641. The van der Waals surface area contributed by atoms with Crippen molar-refractivity contribution in [2.45, 2.75) is 0 Å². The summed E-state index contributed by atoms with van der Waals surface area (Å²) in [6.45, 7) is 0. The Morgan fingerprint density at radius 1 is 0.833 bits per heavy atom. The van der Waals surface area contributed by atoms with E-state index in [1.54, 1.807) is 0 Å². The Bertz CT molecular complexity index is 23.0. The molecule has 0 aliphatic carbocycles. The van der Waals surface area contributed by atoms with Crippen molar-refractivity contribution in [2.24, 2.45) is 0 Å². The van der Waals surface area contributed by atoms with Gasteiger partial charge in [0, 0.05) is 18.6 Å². The van der Waals surface area contributed by atoms with Gasteiger partial charge < -0.3 is 19.2 Å². The van der Waals surface area contributed by atoms with E-state index in [0.29, 0.717) is 0 Å². The zero-order valence-corrected chi connectivity index (χ0v) is 5.13. The average Bonchev–Trinajstić information content (AvgIpc) is 0.722. The van der Waals surface area contributed by atoms with Crippen LogP contribution < -0.4 is 0 Å². The smallest absolute Gasteiger partial charge is 0.368 e. The standard InChI is InChI=1S/H4O4Si.V/c1-5(2,3)4;/h1-4H;. The maximum atomic E-state index is 7.33. The zero-order valence-electron chi connectivity index (χ0n) is 2.74. The van der Waals surface area contributed by atoms with Gasteiger partial charge in [-0.3, -0.25) is 0 Å². The molecule has 4 nitrogen and oxygen atoms in total. The molecule has 6 heavy (non-hydrogen) atoms. The maximum Gasteiger partial charge on any atom is 0.668 e. The van der Waals surface area contributed by atoms with Crippen LogP contribution in [0.3, 0.4) is 0 Å². The van der Waals surface area contributed by atoms with Crippen LogP contribution in [0, 0.1) is 0 Å². The van der Waals surface area contributed by atoms with Gasteiger partial charge in [0.1, 0.15) is 0 Å². The van der Waals surface area contributed by atoms with E-state index in [1.165, 1.54) is 0 Å². The average molecular weight is 147 g/mol. The number of rotatable bonds is 0. The molecule has 0 atom stereocenters. The van der Waals surface area contributed by atoms with E-state index in [-0.39, 0.29) is 18.6 Å². The molecule has 0 saturated heterocycles. The monoisotopic (exact) mass is 147 g/mol. The molecule has 0 rings (SSSR count). The first-order valence-electron chi connectivity index (χ1n) is 0.894. The van der Waals surface area contributed by atoms with Crippen LogP contribution in [0.2, 0.25) is 0 Å². The van der Waals surface area contributed by atoms with Crippen LogP contribution in [-0.2, 0) is 18.6 Å². The fourth-order valence-corrected chi connectivity index (χ4v) is 0. The minimum absolute atomic E-state index is 0. The molecule has 37 valence electrons. The first-order valence-corrected chi connectivity index (χ1v) is 2.68. The van der Waals surface area contributed by atoms with E-state index < -0.39 is 9.05 Å². The molecule has 0 unspecified atom stereocenters. The summed E-state index contributed by atoms with van der Waals surface area (Å²) in [6.07, 6.45) is 0. The summed E-state index contributed by atoms with van der Waals surface area (Å²) in [6, 6.07) is 0. The van der Waals surface area contributed by atoms with Gasteiger partial charge in [0.05, 0.1) is 0 Å². The van der Waals surface area contributed by atoms with Gasteiger partial charge in [0.25, 0.3) is 0 Å². The summed E-state index contributed by atoms with van der Waals surface area (Å²) in [5.74, 6) is 0. The van der Waals surface area contributed by atoms with Crippen molar-refractivity contribution < 1.29 is 37.7 Å². The second-order valence-corrected chi connectivity index (χ2v) is 1.80. The number of hydrogen-bond donors (Lipinski definition) is 4. The topological polar surface area (TPSA) is 80.9 Å². The van der Waals surface area contributed by atoms with Crippen LogP contribution >= 0.6 is 0 Å². The molecular weight excluding hydrogens is 143 g/mol. The zero-order chi connectivity index (χ0) is 4.50. The molecule has 1 radical (unpaired) electrons. The molecule has 0 saturated carbocycles. The minimum Gasteiger partial charge on any atom is -0.368 e. The van der Waals surface area contributed by atoms with E-state index in [9.17, 15) is 0 Å². The minimum atomic E-state index is -4.61. The van der Waals surface area contributed by atoms with E-state index >= 15 is 0 Å². The quantitative estimate of drug-likeness (QED) is 0.283. The molecule has 0 aromatic heterocycles. The molecule has 0 spiro atoms. The summed E-state index contributed by atoms with van der Waals surface area (Å²) in [4.78, 5) is 29.3. The van der Waals surface area contributed by atoms with Crippen molar-refractivity contribution in [2.75, 3.05) is 0 Å². The van der Waals surface area contributed by atoms with Crippen molar-refractivity contribution in [3.05, 3.63) is 0 Å². The summed E-state index contributed by atoms with van der Waals surface area (Å²) in [5, 5.41) is 0. The van der Waals surface area contributed by atoms with Crippen LogP contribution in [-0.4, -0.2) is 28.2 Å². The van der Waals surface area contributed by atoms with Crippen LogP contribution in [0.15, 0.2) is 0 Å². The Balaban J connectivity index is 0. The Morgan fingerprint density at radius 3 is 0.833 bits per heavy atom. The summed E-state index contributed by atoms with van der Waals surface area (Å²) < 4.78 is 0. The second-order valence-electron chi connectivity index (χ2n) is 0.600. The summed E-state index contributed by atoms with van der Waals surface area (Å²) >= 11 is 0. The largest absolute Gasteiger partial charge is 0.668 e. The van der Waals surface area contributed by atoms with Gasteiger partial charge in [-0.05, 0) is 0 Å². The van der Waals surface area contributed by atoms with Gasteiger partial charge in [0.15, 0.2) is 0 Å². The third kappa shape index (κ3) is 150. The molecule has 0 aromatic carbocycles. The van der Waals surface area contributed by atoms with Gasteiger partial charge in [-0.2, -0.15) is 0 Å². The Kier molecular flexibility index (Phi) is 4.51. The molecule has 0 aromatic rings. The van der Waals surface area contributed by atoms with Crippen molar-refractivity contribution in [3.63, 3.8) is 0 Å². The molecular formula is H4O4SiV. The van der Waals surface area contributed by atoms with E-state index in [1.807, 2.05) is 0 Å². The fraction of sp³-hybridized carbons (Fsp3) is 0. The maximum absolute atomic E-state index is 7.33. The second kappa shape index (κ2) is 2.76. The Morgan fingerprint density at radius 2 is 0.833 bits per heavy atom. The third-order valence-electron chi connectivity index (χ3n) is 0. The van der Waals surface area contributed by atoms with Gasteiger partial charge in [-0.15, -0.1) is 0 Å². The van der Waals surface area contributed by atoms with Crippen LogP contribution in [0.5, 0.6) is 0 Å². The Labute approximate surface area is 47.4 Å². The van der Waals surface area contributed by atoms with E-state index in [0.717, 1.165) is 0 Å².